The van der Waals surface area contributed by atoms with Crippen LogP contribution in [-0.2, 0) is 14.3 Å². The smallest absolute Gasteiger partial charge is 0.332 e. The molecule has 1 fully saturated rings. The fourth-order valence-electron chi connectivity index (χ4n) is 4.74. The Morgan fingerprint density at radius 1 is 0.946 bits per heavy atom. The number of benzene rings is 2. The predicted octanol–water partition coefficient (Wildman–Crippen LogP) is 6.61. The van der Waals surface area contributed by atoms with Gasteiger partial charge in [0, 0.05) is 17.5 Å². The highest BCUT2D eigenvalue weighted by Gasteiger charge is 2.29. The Morgan fingerprint density at radius 2 is 1.62 bits per heavy atom. The van der Waals surface area contributed by atoms with E-state index >= 15 is 0 Å². The van der Waals surface area contributed by atoms with E-state index in [1.165, 1.54) is 6.33 Å². The molecule has 1 aliphatic carbocycles. The fourth-order valence-corrected chi connectivity index (χ4v) is 4.74. The third-order valence-electron chi connectivity index (χ3n) is 6.27. The van der Waals surface area contributed by atoms with Gasteiger partial charge in [-0.3, -0.25) is 0 Å². The minimum absolute atomic E-state index is 0.0628. The van der Waals surface area contributed by atoms with E-state index in [2.05, 4.69) is 22.1 Å². The first kappa shape index (κ1) is 25.0. The van der Waals surface area contributed by atoms with E-state index < -0.39 is 5.60 Å². The van der Waals surface area contributed by atoms with E-state index in [1.54, 1.807) is 0 Å². The van der Waals surface area contributed by atoms with Crippen molar-refractivity contribution in [2.45, 2.75) is 64.3 Å². The minimum atomic E-state index is -0.531. The molecule has 1 aliphatic rings. The molecule has 7 nitrogen and oxygen atoms in total. The molecule has 2 heterocycles. The van der Waals surface area contributed by atoms with Crippen LogP contribution in [0.25, 0.3) is 33.6 Å². The number of nitrogens with zero attached hydrogens (tertiary/aromatic N) is 2. The Morgan fingerprint density at radius 3 is 2.32 bits per heavy atom. The van der Waals surface area contributed by atoms with Crippen LogP contribution < -0.4 is 4.74 Å². The summed E-state index contributed by atoms with van der Waals surface area (Å²) < 4.78 is 24.0. The van der Waals surface area contributed by atoms with Gasteiger partial charge in [-0.25, -0.2) is 14.8 Å². The van der Waals surface area contributed by atoms with E-state index in [4.69, 9.17) is 18.6 Å². The second-order valence-electron chi connectivity index (χ2n) is 10.3. The second-order valence-corrected chi connectivity index (χ2v) is 10.3. The van der Waals surface area contributed by atoms with Crippen molar-refractivity contribution in [1.82, 2.24) is 9.97 Å². The third kappa shape index (κ3) is 6.00. The molecule has 192 valence electrons. The number of aromatic nitrogens is 2. The lowest BCUT2D eigenvalue weighted by Crippen LogP contribution is -2.33. The first-order chi connectivity index (χ1) is 17.9. The van der Waals surface area contributed by atoms with Crippen molar-refractivity contribution < 1.29 is 23.4 Å². The summed E-state index contributed by atoms with van der Waals surface area (Å²) in [4.78, 5) is 21.1. The lowest BCUT2D eigenvalue weighted by molar-refractivity contribution is -0.163. The highest BCUT2D eigenvalue weighted by atomic mass is 16.6. The maximum atomic E-state index is 12.1. The number of ether oxygens (including phenoxy) is 3. The van der Waals surface area contributed by atoms with Crippen LogP contribution >= 0.6 is 0 Å². The number of carbonyl (C=O) groups is 1. The Bertz CT molecular complexity index is 1350. The summed E-state index contributed by atoms with van der Waals surface area (Å²) in [6.45, 7) is 5.48. The minimum Gasteiger partial charge on any atom is -0.474 e. The summed E-state index contributed by atoms with van der Waals surface area (Å²) in [5.41, 5.74) is 2.82. The second kappa shape index (κ2) is 10.7. The van der Waals surface area contributed by atoms with Crippen LogP contribution in [0, 0.1) is 0 Å². The number of hydrogen-bond donors (Lipinski definition) is 0. The Balaban J connectivity index is 1.41. The summed E-state index contributed by atoms with van der Waals surface area (Å²) >= 11 is 0. The lowest BCUT2D eigenvalue weighted by atomic mass is 9.94. The molecule has 0 radical (unpaired) electrons. The topological polar surface area (TPSA) is 83.7 Å². The molecule has 1 saturated carbocycles. The zero-order valence-electron chi connectivity index (χ0n) is 21.5. The van der Waals surface area contributed by atoms with Gasteiger partial charge < -0.3 is 18.6 Å². The average molecular weight is 501 g/mol. The van der Waals surface area contributed by atoms with Crippen LogP contribution in [0.15, 0.2) is 71.4 Å². The van der Waals surface area contributed by atoms with Gasteiger partial charge in [-0.05, 0) is 45.6 Å². The van der Waals surface area contributed by atoms with Crippen LogP contribution in [-0.4, -0.2) is 40.4 Å². The molecule has 0 amide bonds. The maximum Gasteiger partial charge on any atom is 0.332 e. The summed E-state index contributed by atoms with van der Waals surface area (Å²) in [5, 5.41) is 0.754. The van der Waals surface area contributed by atoms with Crippen molar-refractivity contribution >= 4 is 17.1 Å². The van der Waals surface area contributed by atoms with E-state index in [1.807, 2.05) is 69.3 Å². The molecule has 2 atom stereocenters. The van der Waals surface area contributed by atoms with Crippen LogP contribution in [0.1, 0.15) is 46.5 Å². The molecule has 37 heavy (non-hydrogen) atoms. The normalized spacial score (nSPS) is 18.0. The van der Waals surface area contributed by atoms with Crippen molar-refractivity contribution in [2.75, 3.05) is 6.61 Å². The Hall–Kier alpha value is -3.71. The molecule has 2 aromatic carbocycles. The molecular formula is C30H32N2O5. The highest BCUT2D eigenvalue weighted by Crippen LogP contribution is 2.43. The van der Waals surface area contributed by atoms with Crippen molar-refractivity contribution in [3.63, 3.8) is 0 Å². The van der Waals surface area contributed by atoms with Gasteiger partial charge in [0.25, 0.3) is 0 Å². The summed E-state index contributed by atoms with van der Waals surface area (Å²) in [6.07, 6.45) is 4.64. The number of fused-ring (bicyclic) bond motifs is 1. The number of esters is 1. The molecule has 0 bridgehead atoms. The van der Waals surface area contributed by atoms with E-state index in [9.17, 15) is 4.79 Å². The molecule has 0 N–H and O–H groups in total. The van der Waals surface area contributed by atoms with Crippen LogP contribution in [0.4, 0.5) is 0 Å². The van der Waals surface area contributed by atoms with Gasteiger partial charge in [0.2, 0.25) is 11.6 Å². The van der Waals surface area contributed by atoms with Gasteiger partial charge in [-0.1, -0.05) is 60.7 Å². The molecule has 2 aromatic heterocycles. The van der Waals surface area contributed by atoms with Crippen LogP contribution in [0.5, 0.6) is 5.88 Å². The molecule has 0 saturated heterocycles. The highest BCUT2D eigenvalue weighted by molar-refractivity contribution is 6.03. The van der Waals surface area contributed by atoms with Gasteiger partial charge in [-0.2, -0.15) is 0 Å². The molecule has 7 heteroatoms. The number of rotatable bonds is 7. The third-order valence-corrected chi connectivity index (χ3v) is 6.27. The SMILES string of the molecule is CC(C)(C)OC(=O)CO[C@@H]1CCC[C@H](Oc2ncnc3oc(-c4ccccc4)c(-c4ccccc4)c23)C1. The quantitative estimate of drug-likeness (QED) is 0.264. The molecule has 5 rings (SSSR count). The predicted molar refractivity (Wildman–Crippen MR) is 141 cm³/mol. The molecule has 4 aromatic rings. The van der Waals surface area contributed by atoms with Crippen molar-refractivity contribution in [2.24, 2.45) is 0 Å². The van der Waals surface area contributed by atoms with Crippen LogP contribution in [0.3, 0.4) is 0 Å². The van der Waals surface area contributed by atoms with E-state index in [0.717, 1.165) is 47.1 Å². The van der Waals surface area contributed by atoms with Gasteiger partial charge in [-0.15, -0.1) is 0 Å². The van der Waals surface area contributed by atoms with Gasteiger partial charge in [0.15, 0.2) is 0 Å². The fraction of sp³-hybridized carbons (Fsp3) is 0.367. The summed E-state index contributed by atoms with van der Waals surface area (Å²) in [7, 11) is 0. The first-order valence-corrected chi connectivity index (χ1v) is 12.8. The molecular weight excluding hydrogens is 468 g/mol. The van der Waals surface area contributed by atoms with Crippen molar-refractivity contribution in [3.05, 3.63) is 67.0 Å². The van der Waals surface area contributed by atoms with E-state index in [-0.39, 0.29) is 24.8 Å². The zero-order chi connectivity index (χ0) is 25.8. The molecule has 0 unspecified atom stereocenters. The Labute approximate surface area is 216 Å². The monoisotopic (exact) mass is 500 g/mol. The number of hydrogen-bond acceptors (Lipinski definition) is 7. The first-order valence-electron chi connectivity index (χ1n) is 12.8. The number of carbonyl (C=O) groups excluding carboxylic acids is 1. The van der Waals surface area contributed by atoms with Crippen molar-refractivity contribution in [3.8, 4) is 28.3 Å². The summed E-state index contributed by atoms with van der Waals surface area (Å²) in [6, 6.07) is 20.1. The lowest BCUT2D eigenvalue weighted by Gasteiger charge is -2.29. The maximum absolute atomic E-state index is 12.1. The zero-order valence-corrected chi connectivity index (χ0v) is 21.5. The van der Waals surface area contributed by atoms with Gasteiger partial charge >= 0.3 is 5.97 Å². The average Bonchev–Trinajstić information content (AvgIpc) is 3.29. The molecule has 0 aliphatic heterocycles. The Kier molecular flexibility index (Phi) is 7.24. The van der Waals surface area contributed by atoms with Crippen LogP contribution in [0.2, 0.25) is 0 Å². The van der Waals surface area contributed by atoms with Gasteiger partial charge in [0.1, 0.15) is 35.8 Å². The van der Waals surface area contributed by atoms with Gasteiger partial charge in [0.05, 0.1) is 6.10 Å². The van der Waals surface area contributed by atoms with E-state index in [0.29, 0.717) is 18.0 Å². The summed E-state index contributed by atoms with van der Waals surface area (Å²) in [5.74, 6) is 0.870. The molecule has 0 spiro atoms. The largest absolute Gasteiger partial charge is 0.474 e. The number of furan rings is 1. The van der Waals surface area contributed by atoms with Crippen molar-refractivity contribution in [1.29, 1.82) is 0 Å². The standard InChI is InChI=1S/C30H32N2O5/c1-30(2,3)37-24(33)18-34-22-15-10-16-23(17-22)35-28-26-25(20-11-6-4-7-12-20)27(21-13-8-5-9-14-21)36-29(26)32-19-31-28/h4-9,11-14,19,22-23H,10,15-18H2,1-3H3/t22-,23+/m1/s1.